The molecule has 0 spiro atoms. The minimum absolute atomic E-state index is 0.284. The Kier molecular flexibility index (Phi) is 5.47. The first-order valence-electron chi connectivity index (χ1n) is 5.76. The zero-order valence-corrected chi connectivity index (χ0v) is 10.6. The molecule has 1 rings (SSSR count). The number of thioether (sulfide) groups is 1. The second kappa shape index (κ2) is 6.38. The van der Waals surface area contributed by atoms with Gasteiger partial charge in [0.1, 0.15) is 0 Å². The lowest BCUT2D eigenvalue weighted by Crippen LogP contribution is -2.42. The Morgan fingerprint density at radius 1 is 1.67 bits per heavy atom. The number of carbonyl (C=O) groups excluding carboxylic acids is 1. The number of amides is 1. The maximum atomic E-state index is 11.9. The lowest BCUT2D eigenvalue weighted by Gasteiger charge is -2.32. The number of carbonyl (C=O) groups is 1. The lowest BCUT2D eigenvalue weighted by molar-refractivity contribution is -0.131. The zero-order chi connectivity index (χ0) is 11.3. The molecule has 1 aliphatic heterocycles. The van der Waals surface area contributed by atoms with E-state index in [-0.39, 0.29) is 5.91 Å². The molecule has 1 heterocycles. The summed E-state index contributed by atoms with van der Waals surface area (Å²) >= 11 is 1.99. The number of nitrogens with two attached hydrogens (primary N) is 1. The molecule has 1 saturated heterocycles. The van der Waals surface area contributed by atoms with Gasteiger partial charge in [-0.1, -0.05) is 13.8 Å². The average Bonchev–Trinajstić information content (AvgIpc) is 2.28. The second-order valence-electron chi connectivity index (χ2n) is 4.29. The van der Waals surface area contributed by atoms with Gasteiger partial charge in [-0.15, -0.1) is 0 Å². The summed E-state index contributed by atoms with van der Waals surface area (Å²) in [5.74, 6) is 1.68. The summed E-state index contributed by atoms with van der Waals surface area (Å²) in [7, 11) is 0. The number of hydrogen-bond donors (Lipinski definition) is 1. The van der Waals surface area contributed by atoms with Crippen molar-refractivity contribution in [2.45, 2.75) is 31.9 Å². The van der Waals surface area contributed by atoms with Crippen LogP contribution in [-0.2, 0) is 4.79 Å². The quantitative estimate of drug-likeness (QED) is 0.792. The third-order valence-electron chi connectivity index (χ3n) is 2.87. The van der Waals surface area contributed by atoms with Crippen molar-refractivity contribution in [3.63, 3.8) is 0 Å². The number of rotatable bonds is 4. The smallest absolute Gasteiger partial charge is 0.222 e. The van der Waals surface area contributed by atoms with Gasteiger partial charge in [0.25, 0.3) is 0 Å². The van der Waals surface area contributed by atoms with E-state index in [2.05, 4.69) is 6.92 Å². The van der Waals surface area contributed by atoms with E-state index in [1.807, 2.05) is 23.6 Å². The molecule has 1 fully saturated rings. The first kappa shape index (κ1) is 12.8. The fraction of sp³-hybridized carbons (Fsp3) is 0.909. The minimum Gasteiger partial charge on any atom is -0.341 e. The molecule has 1 aliphatic rings. The van der Waals surface area contributed by atoms with Crippen LogP contribution in [0.4, 0.5) is 0 Å². The first-order chi connectivity index (χ1) is 7.17. The molecular weight excluding hydrogens is 208 g/mol. The van der Waals surface area contributed by atoms with E-state index in [0.717, 1.165) is 25.3 Å². The van der Waals surface area contributed by atoms with Gasteiger partial charge in [-0.05, 0) is 18.9 Å². The van der Waals surface area contributed by atoms with Gasteiger partial charge in [-0.2, -0.15) is 11.8 Å². The van der Waals surface area contributed by atoms with Gasteiger partial charge in [0, 0.05) is 30.5 Å². The molecule has 2 unspecified atom stereocenters. The fourth-order valence-corrected chi connectivity index (χ4v) is 2.88. The van der Waals surface area contributed by atoms with Gasteiger partial charge >= 0.3 is 0 Å². The summed E-state index contributed by atoms with van der Waals surface area (Å²) in [5.41, 5.74) is 5.53. The van der Waals surface area contributed by atoms with E-state index >= 15 is 0 Å². The molecule has 2 N–H and O–H groups in total. The Morgan fingerprint density at radius 2 is 2.40 bits per heavy atom. The Bertz CT molecular complexity index is 211. The fourth-order valence-electron chi connectivity index (χ4n) is 1.70. The van der Waals surface area contributed by atoms with Crippen LogP contribution in [0.5, 0.6) is 0 Å². The van der Waals surface area contributed by atoms with Crippen LogP contribution in [0.2, 0.25) is 0 Å². The van der Waals surface area contributed by atoms with Gasteiger partial charge in [0.05, 0.1) is 0 Å². The highest BCUT2D eigenvalue weighted by molar-refractivity contribution is 8.00. The number of nitrogens with zero attached hydrogens (tertiary/aromatic N) is 1. The predicted molar refractivity (Wildman–Crippen MR) is 66.0 cm³/mol. The van der Waals surface area contributed by atoms with Crippen LogP contribution in [-0.4, -0.2) is 41.4 Å². The average molecular weight is 230 g/mol. The second-order valence-corrected chi connectivity index (χ2v) is 5.69. The van der Waals surface area contributed by atoms with Crippen molar-refractivity contribution in [1.29, 1.82) is 0 Å². The summed E-state index contributed by atoms with van der Waals surface area (Å²) in [5, 5.41) is 0.635. The molecule has 4 heteroatoms. The van der Waals surface area contributed by atoms with Crippen LogP contribution in [0.15, 0.2) is 0 Å². The summed E-state index contributed by atoms with van der Waals surface area (Å²) < 4.78 is 0. The number of hydrogen-bond acceptors (Lipinski definition) is 3. The van der Waals surface area contributed by atoms with Crippen molar-refractivity contribution >= 4 is 17.7 Å². The van der Waals surface area contributed by atoms with E-state index < -0.39 is 0 Å². The van der Waals surface area contributed by atoms with Crippen molar-refractivity contribution in [2.24, 2.45) is 11.7 Å². The van der Waals surface area contributed by atoms with Crippen LogP contribution in [0, 0.1) is 5.92 Å². The Labute approximate surface area is 96.8 Å². The molecule has 0 saturated carbocycles. The van der Waals surface area contributed by atoms with Crippen LogP contribution < -0.4 is 5.73 Å². The van der Waals surface area contributed by atoms with Gasteiger partial charge in [-0.25, -0.2) is 0 Å². The standard InChI is InChI=1S/C11H22N2OS/c1-3-10-8-13(4-5-15-10)11(14)6-9(2)7-12/h9-10H,3-8,12H2,1-2H3. The lowest BCUT2D eigenvalue weighted by atomic mass is 10.1. The molecule has 2 atom stereocenters. The largest absolute Gasteiger partial charge is 0.341 e. The van der Waals surface area contributed by atoms with Crippen LogP contribution in [0.1, 0.15) is 26.7 Å². The SMILES string of the molecule is CCC1CN(C(=O)CC(C)CN)CCS1. The third-order valence-corrected chi connectivity index (χ3v) is 4.24. The highest BCUT2D eigenvalue weighted by Gasteiger charge is 2.23. The maximum Gasteiger partial charge on any atom is 0.222 e. The summed E-state index contributed by atoms with van der Waals surface area (Å²) in [4.78, 5) is 13.9. The Morgan fingerprint density at radius 3 is 3.00 bits per heavy atom. The van der Waals surface area contributed by atoms with Gasteiger partial charge in [-0.3, -0.25) is 4.79 Å². The van der Waals surface area contributed by atoms with Crippen molar-refractivity contribution < 1.29 is 4.79 Å². The van der Waals surface area contributed by atoms with E-state index in [1.165, 1.54) is 0 Å². The third kappa shape index (κ3) is 4.03. The molecule has 0 aromatic heterocycles. The van der Waals surface area contributed by atoms with E-state index in [4.69, 9.17) is 5.73 Å². The van der Waals surface area contributed by atoms with Gasteiger partial charge in [0.2, 0.25) is 5.91 Å². The predicted octanol–water partition coefficient (Wildman–Crippen LogP) is 1.33. The van der Waals surface area contributed by atoms with Gasteiger partial charge in [0.15, 0.2) is 0 Å². The molecule has 0 aliphatic carbocycles. The summed E-state index contributed by atoms with van der Waals surface area (Å²) in [6, 6.07) is 0. The molecule has 3 nitrogen and oxygen atoms in total. The van der Waals surface area contributed by atoms with Crippen LogP contribution >= 0.6 is 11.8 Å². The van der Waals surface area contributed by atoms with Crippen LogP contribution in [0.25, 0.3) is 0 Å². The molecule has 0 bridgehead atoms. The first-order valence-corrected chi connectivity index (χ1v) is 6.81. The summed E-state index contributed by atoms with van der Waals surface area (Å²) in [6.45, 7) is 6.67. The molecule has 0 aromatic carbocycles. The normalized spacial score (nSPS) is 23.9. The Balaban J connectivity index is 2.38. The Hall–Kier alpha value is -0.220. The minimum atomic E-state index is 0.284. The molecule has 0 aromatic rings. The van der Waals surface area contributed by atoms with Crippen molar-refractivity contribution in [1.82, 2.24) is 4.90 Å². The highest BCUT2D eigenvalue weighted by atomic mass is 32.2. The molecule has 88 valence electrons. The van der Waals surface area contributed by atoms with Crippen LogP contribution in [0.3, 0.4) is 0 Å². The van der Waals surface area contributed by atoms with Crippen molar-refractivity contribution in [3.05, 3.63) is 0 Å². The van der Waals surface area contributed by atoms with Crippen molar-refractivity contribution in [2.75, 3.05) is 25.4 Å². The monoisotopic (exact) mass is 230 g/mol. The zero-order valence-electron chi connectivity index (χ0n) is 9.74. The molecule has 0 radical (unpaired) electrons. The topological polar surface area (TPSA) is 46.3 Å². The highest BCUT2D eigenvalue weighted by Crippen LogP contribution is 2.21. The van der Waals surface area contributed by atoms with Crippen molar-refractivity contribution in [3.8, 4) is 0 Å². The summed E-state index contributed by atoms with van der Waals surface area (Å²) in [6.07, 6.45) is 1.76. The molecule has 1 amide bonds. The van der Waals surface area contributed by atoms with E-state index in [0.29, 0.717) is 24.1 Å². The molecular formula is C11H22N2OS. The van der Waals surface area contributed by atoms with E-state index in [1.54, 1.807) is 0 Å². The van der Waals surface area contributed by atoms with E-state index in [9.17, 15) is 4.79 Å². The van der Waals surface area contributed by atoms with Gasteiger partial charge < -0.3 is 10.6 Å². The maximum absolute atomic E-state index is 11.9. The molecule has 15 heavy (non-hydrogen) atoms.